The Kier molecular flexibility index (Phi) is 7.49. The Labute approximate surface area is 249 Å². The fourth-order valence-electron chi connectivity index (χ4n) is 5.24. The van der Waals surface area contributed by atoms with E-state index in [4.69, 9.17) is 23.6 Å². The quantitative estimate of drug-likeness (QED) is 0.291. The molecule has 6 rings (SSSR count). The Morgan fingerprint density at radius 1 is 1.12 bits per heavy atom. The molecule has 2 aromatic heterocycles. The predicted octanol–water partition coefficient (Wildman–Crippen LogP) is 4.57. The molecule has 0 unspecified atom stereocenters. The van der Waals surface area contributed by atoms with Crippen molar-refractivity contribution in [2.24, 2.45) is 4.99 Å². The number of ether oxygens (including phenoxy) is 3. The Hall–Kier alpha value is -4.90. The maximum atomic E-state index is 14.0. The van der Waals surface area contributed by atoms with Gasteiger partial charge in [0.25, 0.3) is 5.56 Å². The molecule has 0 aliphatic carbocycles. The number of benzene rings is 2. The SMILES string of the molecule is CCCC1=C(C(=O)OCC)[C@@H](c2ccc3c(c2)OCO3)n2c(s/c(=C\c3ccc(-c4cc(C(=O)O)ccc4C)o3)c2=O)=N1. The van der Waals surface area contributed by atoms with Crippen molar-refractivity contribution in [3.8, 4) is 22.8 Å². The van der Waals surface area contributed by atoms with Crippen LogP contribution in [0, 0.1) is 6.92 Å². The van der Waals surface area contributed by atoms with Crippen LogP contribution in [0.2, 0.25) is 0 Å². The number of fused-ring (bicyclic) bond motifs is 2. The van der Waals surface area contributed by atoms with E-state index in [0.717, 1.165) is 12.0 Å². The van der Waals surface area contributed by atoms with Crippen LogP contribution < -0.4 is 24.4 Å². The van der Waals surface area contributed by atoms with Gasteiger partial charge in [0.1, 0.15) is 11.5 Å². The number of aryl methyl sites for hydroxylation is 1. The Morgan fingerprint density at radius 3 is 2.70 bits per heavy atom. The summed E-state index contributed by atoms with van der Waals surface area (Å²) in [7, 11) is 0. The molecule has 10 nitrogen and oxygen atoms in total. The number of hydrogen-bond donors (Lipinski definition) is 1. The lowest BCUT2D eigenvalue weighted by Crippen LogP contribution is -2.40. The zero-order valence-electron chi connectivity index (χ0n) is 23.7. The summed E-state index contributed by atoms with van der Waals surface area (Å²) < 4.78 is 24.5. The van der Waals surface area contributed by atoms with Crippen LogP contribution >= 0.6 is 11.3 Å². The van der Waals surface area contributed by atoms with Gasteiger partial charge >= 0.3 is 11.9 Å². The van der Waals surface area contributed by atoms with Crippen molar-refractivity contribution in [3.05, 3.63) is 102 Å². The van der Waals surface area contributed by atoms with Crippen LogP contribution in [0.25, 0.3) is 17.4 Å². The van der Waals surface area contributed by atoms with Gasteiger partial charge in [-0.25, -0.2) is 14.6 Å². The highest BCUT2D eigenvalue weighted by Gasteiger charge is 2.35. The molecule has 0 saturated carbocycles. The number of rotatable bonds is 8. The van der Waals surface area contributed by atoms with Crippen molar-refractivity contribution < 1.29 is 33.3 Å². The molecule has 0 radical (unpaired) electrons. The van der Waals surface area contributed by atoms with Crippen LogP contribution in [0.5, 0.6) is 11.5 Å². The third-order valence-electron chi connectivity index (χ3n) is 7.25. The molecule has 0 amide bonds. The highest BCUT2D eigenvalue weighted by Crippen LogP contribution is 2.39. The summed E-state index contributed by atoms with van der Waals surface area (Å²) in [5, 5.41) is 9.42. The second-order valence-corrected chi connectivity index (χ2v) is 11.1. The third-order valence-corrected chi connectivity index (χ3v) is 8.24. The van der Waals surface area contributed by atoms with Gasteiger partial charge in [0.2, 0.25) is 6.79 Å². The van der Waals surface area contributed by atoms with Gasteiger partial charge in [0, 0.05) is 11.6 Å². The van der Waals surface area contributed by atoms with Crippen molar-refractivity contribution in [2.75, 3.05) is 13.4 Å². The van der Waals surface area contributed by atoms with Gasteiger partial charge < -0.3 is 23.7 Å². The third kappa shape index (κ3) is 5.16. The first-order chi connectivity index (χ1) is 20.8. The summed E-state index contributed by atoms with van der Waals surface area (Å²) in [6, 6.07) is 12.9. The van der Waals surface area contributed by atoms with Gasteiger partial charge in [0.15, 0.2) is 16.3 Å². The van der Waals surface area contributed by atoms with E-state index >= 15 is 0 Å². The van der Waals surface area contributed by atoms with Crippen LogP contribution in [-0.2, 0) is 9.53 Å². The van der Waals surface area contributed by atoms with E-state index in [1.54, 1.807) is 55.5 Å². The number of carbonyl (C=O) groups is 2. The van der Waals surface area contributed by atoms with Crippen LogP contribution in [0.15, 0.2) is 74.0 Å². The molecular formula is C32H28N2O8S. The molecule has 2 aliphatic rings. The zero-order chi connectivity index (χ0) is 30.2. The number of nitrogens with zero attached hydrogens (tertiary/aromatic N) is 2. The van der Waals surface area contributed by atoms with Crippen LogP contribution in [0.3, 0.4) is 0 Å². The molecule has 0 fully saturated rings. The second kappa shape index (κ2) is 11.4. The van der Waals surface area contributed by atoms with Crippen molar-refractivity contribution in [2.45, 2.75) is 39.7 Å². The number of aromatic carboxylic acids is 1. The number of hydrogen-bond acceptors (Lipinski definition) is 9. The molecule has 2 aliphatic heterocycles. The summed E-state index contributed by atoms with van der Waals surface area (Å²) in [6.45, 7) is 5.87. The van der Waals surface area contributed by atoms with E-state index in [1.165, 1.54) is 15.9 Å². The predicted molar refractivity (Wildman–Crippen MR) is 158 cm³/mol. The Morgan fingerprint density at radius 2 is 1.93 bits per heavy atom. The van der Waals surface area contributed by atoms with E-state index in [-0.39, 0.29) is 24.5 Å². The van der Waals surface area contributed by atoms with Crippen LogP contribution in [0.4, 0.5) is 0 Å². The molecule has 43 heavy (non-hydrogen) atoms. The van der Waals surface area contributed by atoms with Crippen molar-refractivity contribution in [3.63, 3.8) is 0 Å². The molecule has 1 atom stereocenters. The van der Waals surface area contributed by atoms with Crippen LogP contribution in [0.1, 0.15) is 60.0 Å². The number of esters is 1. The van der Waals surface area contributed by atoms with E-state index < -0.39 is 18.0 Å². The monoisotopic (exact) mass is 600 g/mol. The lowest BCUT2D eigenvalue weighted by molar-refractivity contribution is -0.139. The van der Waals surface area contributed by atoms with Crippen LogP contribution in [-0.4, -0.2) is 35.0 Å². The molecular weight excluding hydrogens is 572 g/mol. The number of carboxylic acid groups (broad SMARTS) is 1. The molecule has 11 heteroatoms. The lowest BCUT2D eigenvalue weighted by Gasteiger charge is -2.25. The second-order valence-electron chi connectivity index (χ2n) is 10.1. The molecule has 220 valence electrons. The Bertz CT molecular complexity index is 1980. The minimum Gasteiger partial charge on any atom is -0.478 e. The molecule has 0 saturated heterocycles. The maximum absolute atomic E-state index is 14.0. The van der Waals surface area contributed by atoms with Gasteiger partial charge in [-0.15, -0.1) is 0 Å². The molecule has 2 aromatic carbocycles. The minimum atomic E-state index is -1.03. The van der Waals surface area contributed by atoms with Crippen molar-refractivity contribution in [1.82, 2.24) is 4.57 Å². The average molecular weight is 601 g/mol. The summed E-state index contributed by atoms with van der Waals surface area (Å²) in [5.74, 6) is 0.453. The van der Waals surface area contributed by atoms with Crippen molar-refractivity contribution in [1.29, 1.82) is 0 Å². The largest absolute Gasteiger partial charge is 0.478 e. The van der Waals surface area contributed by atoms with E-state index in [2.05, 4.69) is 0 Å². The summed E-state index contributed by atoms with van der Waals surface area (Å²) in [5.41, 5.74) is 2.86. The van der Waals surface area contributed by atoms with Gasteiger partial charge in [-0.1, -0.05) is 36.8 Å². The number of carbonyl (C=O) groups excluding carboxylic acids is 1. The van der Waals surface area contributed by atoms with Gasteiger partial charge in [-0.3, -0.25) is 9.36 Å². The van der Waals surface area contributed by atoms with Gasteiger partial charge in [-0.2, -0.15) is 0 Å². The summed E-state index contributed by atoms with van der Waals surface area (Å²) in [4.78, 5) is 44.1. The number of furan rings is 1. The number of thiazole rings is 1. The van der Waals surface area contributed by atoms with E-state index in [9.17, 15) is 19.5 Å². The van der Waals surface area contributed by atoms with Gasteiger partial charge in [0.05, 0.1) is 34.0 Å². The summed E-state index contributed by atoms with van der Waals surface area (Å²) >= 11 is 1.20. The number of aromatic nitrogens is 1. The average Bonchev–Trinajstić information content (AvgIpc) is 3.72. The van der Waals surface area contributed by atoms with E-state index in [1.807, 2.05) is 19.9 Å². The topological polar surface area (TPSA) is 130 Å². The highest BCUT2D eigenvalue weighted by atomic mass is 32.1. The zero-order valence-corrected chi connectivity index (χ0v) is 24.5. The molecule has 4 heterocycles. The normalized spacial score (nSPS) is 15.8. The Balaban J connectivity index is 1.49. The first-order valence-electron chi connectivity index (χ1n) is 13.8. The number of allylic oxidation sites excluding steroid dienone is 1. The summed E-state index contributed by atoms with van der Waals surface area (Å²) in [6.07, 6.45) is 2.90. The van der Waals surface area contributed by atoms with Gasteiger partial charge in [-0.05, 0) is 67.8 Å². The smallest absolute Gasteiger partial charge is 0.338 e. The van der Waals surface area contributed by atoms with Crippen molar-refractivity contribution >= 4 is 29.4 Å². The first-order valence-corrected chi connectivity index (χ1v) is 14.7. The number of carboxylic acids is 1. The standard InChI is InChI=1S/C32H28N2O8S/c1-4-6-22-27(31(38)39-5-2)28(18-9-11-24-25(14-18)41-16-40-24)34-29(35)26(43-32(34)33-22)15-20-10-12-23(42-20)21-13-19(30(36)37)8-7-17(21)3/h7-15,28H,4-6,16H2,1-3H3,(H,36,37)/b26-15-/t28-/m1/s1. The fourth-order valence-corrected chi connectivity index (χ4v) is 6.24. The minimum absolute atomic E-state index is 0.0917. The molecule has 0 spiro atoms. The lowest BCUT2D eigenvalue weighted by atomic mass is 9.94. The highest BCUT2D eigenvalue weighted by molar-refractivity contribution is 7.07. The fraction of sp³-hybridized carbons (Fsp3) is 0.250. The molecule has 1 N–H and O–H groups in total. The molecule has 0 bridgehead atoms. The molecule has 4 aromatic rings. The maximum Gasteiger partial charge on any atom is 0.338 e. The first kappa shape index (κ1) is 28.2. The van der Waals surface area contributed by atoms with E-state index in [0.29, 0.717) is 61.2 Å².